The Morgan fingerprint density at radius 3 is 2.68 bits per heavy atom. The second-order valence-electron chi connectivity index (χ2n) is 4.24. The summed E-state index contributed by atoms with van der Waals surface area (Å²) in [6.45, 7) is 3.73. The van der Waals surface area contributed by atoms with Gasteiger partial charge in [-0.15, -0.1) is 0 Å². The van der Waals surface area contributed by atoms with Crippen molar-refractivity contribution in [2.24, 2.45) is 0 Å². The number of sulfonamides is 1. The first-order chi connectivity index (χ1) is 8.84. The lowest BCUT2D eigenvalue weighted by Crippen LogP contribution is -2.45. The number of nitrogen functional groups attached to an aromatic ring is 1. The number of hydrogen-bond acceptors (Lipinski definition) is 4. The SMILES string of the molecule is CCNC(=O)C(C)NS(=O)(=O)Cc1cccc(N)c1. The molecule has 0 aliphatic rings. The smallest absolute Gasteiger partial charge is 0.237 e. The highest BCUT2D eigenvalue weighted by molar-refractivity contribution is 7.88. The molecule has 1 rings (SSSR count). The van der Waals surface area contributed by atoms with Gasteiger partial charge >= 0.3 is 0 Å². The molecule has 0 saturated carbocycles. The average Bonchev–Trinajstić information content (AvgIpc) is 2.27. The zero-order valence-electron chi connectivity index (χ0n) is 11.0. The lowest BCUT2D eigenvalue weighted by molar-refractivity contribution is -0.122. The summed E-state index contributed by atoms with van der Waals surface area (Å²) in [6.07, 6.45) is 0. The first-order valence-corrected chi connectivity index (χ1v) is 7.61. The summed E-state index contributed by atoms with van der Waals surface area (Å²) >= 11 is 0. The fourth-order valence-electron chi connectivity index (χ4n) is 1.59. The number of carbonyl (C=O) groups is 1. The van der Waals surface area contributed by atoms with Crippen molar-refractivity contribution in [2.75, 3.05) is 12.3 Å². The monoisotopic (exact) mass is 285 g/mol. The van der Waals surface area contributed by atoms with E-state index >= 15 is 0 Å². The standard InChI is InChI=1S/C12H19N3O3S/c1-3-14-12(16)9(2)15-19(17,18)8-10-5-4-6-11(13)7-10/h4-7,9,15H,3,8,13H2,1-2H3,(H,14,16). The maximum absolute atomic E-state index is 11.9. The van der Waals surface area contributed by atoms with Gasteiger partial charge in [0.15, 0.2) is 0 Å². The van der Waals surface area contributed by atoms with Crippen molar-refractivity contribution in [2.45, 2.75) is 25.6 Å². The summed E-state index contributed by atoms with van der Waals surface area (Å²) in [4.78, 5) is 11.5. The number of amides is 1. The number of hydrogen-bond donors (Lipinski definition) is 3. The van der Waals surface area contributed by atoms with Gasteiger partial charge < -0.3 is 11.1 Å². The van der Waals surface area contributed by atoms with Gasteiger partial charge in [-0.3, -0.25) is 4.79 Å². The second-order valence-corrected chi connectivity index (χ2v) is 5.99. The van der Waals surface area contributed by atoms with E-state index in [1.165, 1.54) is 6.92 Å². The maximum atomic E-state index is 11.9. The van der Waals surface area contributed by atoms with Crippen molar-refractivity contribution in [3.8, 4) is 0 Å². The van der Waals surface area contributed by atoms with Crippen LogP contribution in [0.25, 0.3) is 0 Å². The molecule has 0 heterocycles. The largest absolute Gasteiger partial charge is 0.399 e. The Hall–Kier alpha value is -1.60. The van der Waals surface area contributed by atoms with Gasteiger partial charge in [-0.1, -0.05) is 12.1 Å². The van der Waals surface area contributed by atoms with Crippen LogP contribution in [0.15, 0.2) is 24.3 Å². The van der Waals surface area contributed by atoms with Gasteiger partial charge in [-0.2, -0.15) is 0 Å². The van der Waals surface area contributed by atoms with Crippen molar-refractivity contribution < 1.29 is 13.2 Å². The summed E-state index contributed by atoms with van der Waals surface area (Å²) in [6, 6.07) is 5.84. The minimum atomic E-state index is -3.58. The van der Waals surface area contributed by atoms with Crippen molar-refractivity contribution >= 4 is 21.6 Å². The second kappa shape index (κ2) is 6.53. The van der Waals surface area contributed by atoms with Gasteiger partial charge in [0.25, 0.3) is 0 Å². The number of anilines is 1. The summed E-state index contributed by atoms with van der Waals surface area (Å²) in [7, 11) is -3.58. The summed E-state index contributed by atoms with van der Waals surface area (Å²) in [5, 5.41) is 2.55. The number of carbonyl (C=O) groups excluding carboxylic acids is 1. The highest BCUT2D eigenvalue weighted by atomic mass is 32.2. The molecule has 1 aromatic rings. The van der Waals surface area contributed by atoms with Crippen molar-refractivity contribution in [3.63, 3.8) is 0 Å². The van der Waals surface area contributed by atoms with Crippen LogP contribution >= 0.6 is 0 Å². The summed E-state index contributed by atoms with van der Waals surface area (Å²) in [5.41, 5.74) is 6.67. The van der Waals surface area contributed by atoms with Crippen LogP contribution in [-0.4, -0.2) is 26.9 Å². The van der Waals surface area contributed by atoms with E-state index in [-0.39, 0.29) is 11.7 Å². The third-order valence-electron chi connectivity index (χ3n) is 2.41. The normalized spacial score (nSPS) is 12.9. The molecule has 19 heavy (non-hydrogen) atoms. The zero-order valence-corrected chi connectivity index (χ0v) is 11.8. The number of rotatable bonds is 6. The third kappa shape index (κ3) is 5.27. The van der Waals surface area contributed by atoms with Crippen molar-refractivity contribution in [1.29, 1.82) is 0 Å². The molecule has 0 spiro atoms. The van der Waals surface area contributed by atoms with Crippen molar-refractivity contribution in [3.05, 3.63) is 29.8 Å². The fraction of sp³-hybridized carbons (Fsp3) is 0.417. The fourth-order valence-corrected chi connectivity index (χ4v) is 2.94. The maximum Gasteiger partial charge on any atom is 0.237 e. The first kappa shape index (κ1) is 15.5. The molecule has 1 aromatic carbocycles. The van der Waals surface area contributed by atoms with Crippen LogP contribution in [0.4, 0.5) is 5.69 Å². The molecule has 6 nitrogen and oxygen atoms in total. The molecule has 106 valence electrons. The molecule has 1 atom stereocenters. The van der Waals surface area contributed by atoms with Crippen LogP contribution in [0.2, 0.25) is 0 Å². The van der Waals surface area contributed by atoms with E-state index in [9.17, 15) is 13.2 Å². The van der Waals surface area contributed by atoms with E-state index in [1.807, 2.05) is 0 Å². The molecule has 1 unspecified atom stereocenters. The van der Waals surface area contributed by atoms with E-state index in [0.717, 1.165) is 0 Å². The lowest BCUT2D eigenvalue weighted by atomic mass is 10.2. The van der Waals surface area contributed by atoms with Crippen LogP contribution in [0.5, 0.6) is 0 Å². The molecule has 7 heteroatoms. The molecule has 0 bridgehead atoms. The number of nitrogens with two attached hydrogens (primary N) is 1. The van der Waals surface area contributed by atoms with E-state index in [2.05, 4.69) is 10.0 Å². The van der Waals surface area contributed by atoms with Crippen LogP contribution < -0.4 is 15.8 Å². The Kier molecular flexibility index (Phi) is 5.31. The minimum Gasteiger partial charge on any atom is -0.399 e. The molecule has 0 aliphatic heterocycles. The van der Waals surface area contributed by atoms with Crippen molar-refractivity contribution in [1.82, 2.24) is 10.0 Å². The highest BCUT2D eigenvalue weighted by Gasteiger charge is 2.20. The Morgan fingerprint density at radius 1 is 1.42 bits per heavy atom. The van der Waals surface area contributed by atoms with E-state index in [0.29, 0.717) is 17.8 Å². The molecular formula is C12H19N3O3S. The van der Waals surface area contributed by atoms with Crippen LogP contribution in [0.3, 0.4) is 0 Å². The van der Waals surface area contributed by atoms with Gasteiger partial charge in [0.2, 0.25) is 15.9 Å². The first-order valence-electron chi connectivity index (χ1n) is 5.96. The predicted octanol–water partition coefficient (Wildman–Crippen LogP) is 0.213. The third-order valence-corrected chi connectivity index (χ3v) is 3.83. The average molecular weight is 285 g/mol. The van der Waals surface area contributed by atoms with Gasteiger partial charge in [0.05, 0.1) is 11.8 Å². The number of likely N-dealkylation sites (N-methyl/N-ethyl adjacent to an activating group) is 1. The Balaban J connectivity index is 2.69. The van der Waals surface area contributed by atoms with Crippen LogP contribution in [0.1, 0.15) is 19.4 Å². The van der Waals surface area contributed by atoms with Gasteiger partial charge in [0.1, 0.15) is 0 Å². The minimum absolute atomic E-state index is 0.207. The van der Waals surface area contributed by atoms with E-state index in [4.69, 9.17) is 5.73 Å². The van der Waals surface area contributed by atoms with Crippen LogP contribution in [-0.2, 0) is 20.6 Å². The molecule has 0 saturated heterocycles. The molecule has 4 N–H and O–H groups in total. The van der Waals surface area contributed by atoms with E-state index < -0.39 is 16.1 Å². The molecular weight excluding hydrogens is 266 g/mol. The summed E-state index contributed by atoms with van der Waals surface area (Å²) in [5.74, 6) is -0.555. The van der Waals surface area contributed by atoms with Gasteiger partial charge in [0, 0.05) is 12.2 Å². The Labute approximate surface area is 113 Å². The summed E-state index contributed by atoms with van der Waals surface area (Å²) < 4.78 is 26.1. The predicted molar refractivity (Wildman–Crippen MR) is 74.8 cm³/mol. The quantitative estimate of drug-likeness (QED) is 0.650. The molecule has 1 amide bonds. The van der Waals surface area contributed by atoms with Crippen LogP contribution in [0, 0.1) is 0 Å². The zero-order chi connectivity index (χ0) is 14.5. The Bertz CT molecular complexity index is 543. The highest BCUT2D eigenvalue weighted by Crippen LogP contribution is 2.10. The van der Waals surface area contributed by atoms with E-state index in [1.54, 1.807) is 31.2 Å². The molecule has 0 fully saturated rings. The van der Waals surface area contributed by atoms with Gasteiger partial charge in [-0.25, -0.2) is 13.1 Å². The molecule has 0 aliphatic carbocycles. The molecule has 0 aromatic heterocycles. The molecule has 0 radical (unpaired) electrons. The number of benzene rings is 1. The van der Waals surface area contributed by atoms with Gasteiger partial charge in [-0.05, 0) is 31.5 Å². The Morgan fingerprint density at radius 2 is 2.11 bits per heavy atom. The lowest BCUT2D eigenvalue weighted by Gasteiger charge is -2.13. The topological polar surface area (TPSA) is 101 Å². The number of nitrogens with one attached hydrogen (secondary N) is 2.